The van der Waals surface area contributed by atoms with Gasteiger partial charge in [0.2, 0.25) is 0 Å². The van der Waals surface area contributed by atoms with E-state index in [1.54, 1.807) is 36.4 Å². The molecule has 32 heavy (non-hydrogen) atoms. The second-order valence-electron chi connectivity index (χ2n) is 7.94. The zero-order valence-corrected chi connectivity index (χ0v) is 18.0. The second-order valence-corrected chi connectivity index (χ2v) is 8.37. The van der Waals surface area contributed by atoms with Crippen LogP contribution >= 0.6 is 11.6 Å². The molecule has 0 radical (unpaired) electrons. The van der Waals surface area contributed by atoms with Crippen LogP contribution in [0, 0.1) is 5.82 Å². The Morgan fingerprint density at radius 1 is 0.875 bits per heavy atom. The topological polar surface area (TPSA) is 40.6 Å². The smallest absolute Gasteiger partial charge is 0.278 e. The largest absolute Gasteiger partial charge is 0.336 e. The molecule has 2 aliphatic rings. The summed E-state index contributed by atoms with van der Waals surface area (Å²) in [5.74, 6) is -1.07. The van der Waals surface area contributed by atoms with Crippen molar-refractivity contribution in [3.8, 4) is 0 Å². The van der Waals surface area contributed by atoms with Crippen LogP contribution in [-0.4, -0.2) is 23.3 Å². The summed E-state index contributed by atoms with van der Waals surface area (Å²) in [7, 11) is 0. The number of nitrogens with zero attached hydrogens (tertiary/aromatic N) is 2. The normalized spacial score (nSPS) is 16.1. The molecule has 0 bridgehead atoms. The maximum Gasteiger partial charge on any atom is 0.278 e. The summed E-state index contributed by atoms with van der Waals surface area (Å²) in [6, 6.07) is 20.8. The maximum absolute atomic E-state index is 13.7. The molecular weight excluding hydrogens is 427 g/mol. The minimum absolute atomic E-state index is 0.0774. The summed E-state index contributed by atoms with van der Waals surface area (Å²) in [5, 5.41) is 0.555. The molecule has 0 aromatic heterocycles. The van der Waals surface area contributed by atoms with Crippen molar-refractivity contribution in [2.45, 2.75) is 19.4 Å². The highest BCUT2D eigenvalue weighted by Gasteiger charge is 2.42. The third kappa shape index (κ3) is 3.59. The van der Waals surface area contributed by atoms with E-state index in [0.29, 0.717) is 34.0 Å². The average Bonchev–Trinajstić information content (AvgIpc) is 3.05. The molecule has 3 aromatic rings. The maximum atomic E-state index is 13.7. The number of imide groups is 1. The van der Waals surface area contributed by atoms with Crippen LogP contribution in [0.3, 0.4) is 0 Å². The van der Waals surface area contributed by atoms with Crippen molar-refractivity contribution < 1.29 is 14.0 Å². The molecule has 5 rings (SSSR count). The van der Waals surface area contributed by atoms with E-state index in [2.05, 4.69) is 6.07 Å². The Labute approximate surface area is 190 Å². The van der Waals surface area contributed by atoms with Gasteiger partial charge in [0.25, 0.3) is 11.8 Å². The van der Waals surface area contributed by atoms with Crippen molar-refractivity contribution in [1.82, 2.24) is 4.90 Å². The van der Waals surface area contributed by atoms with Gasteiger partial charge in [0, 0.05) is 17.3 Å². The molecule has 0 N–H and O–H groups in total. The van der Waals surface area contributed by atoms with Crippen molar-refractivity contribution in [2.75, 3.05) is 11.4 Å². The third-order valence-electron chi connectivity index (χ3n) is 5.91. The fourth-order valence-corrected chi connectivity index (χ4v) is 4.50. The molecule has 2 aliphatic heterocycles. The lowest BCUT2D eigenvalue weighted by Crippen LogP contribution is -2.36. The Morgan fingerprint density at radius 3 is 2.34 bits per heavy atom. The molecule has 3 aromatic carbocycles. The predicted molar refractivity (Wildman–Crippen MR) is 122 cm³/mol. The molecule has 2 heterocycles. The van der Waals surface area contributed by atoms with Gasteiger partial charge in [-0.15, -0.1) is 0 Å². The van der Waals surface area contributed by atoms with E-state index in [-0.39, 0.29) is 24.2 Å². The summed E-state index contributed by atoms with van der Waals surface area (Å²) in [6.45, 7) is 0.723. The van der Waals surface area contributed by atoms with Gasteiger partial charge in [0.15, 0.2) is 0 Å². The number of para-hydroxylation sites is 1. The predicted octanol–water partition coefficient (Wildman–Crippen LogP) is 5.21. The minimum atomic E-state index is -0.363. The van der Waals surface area contributed by atoms with Gasteiger partial charge in [0.05, 0.1) is 12.1 Å². The first-order valence-electron chi connectivity index (χ1n) is 10.5. The molecule has 160 valence electrons. The molecule has 0 saturated heterocycles. The van der Waals surface area contributed by atoms with Gasteiger partial charge < -0.3 is 4.90 Å². The monoisotopic (exact) mass is 446 g/mol. The first kappa shape index (κ1) is 20.5. The summed E-state index contributed by atoms with van der Waals surface area (Å²) in [4.78, 5) is 30.4. The second kappa shape index (κ2) is 8.24. The Kier molecular flexibility index (Phi) is 5.27. The highest BCUT2D eigenvalue weighted by Crippen LogP contribution is 2.38. The van der Waals surface area contributed by atoms with Crippen LogP contribution in [0.4, 0.5) is 10.1 Å². The zero-order chi connectivity index (χ0) is 22.2. The van der Waals surface area contributed by atoms with E-state index in [9.17, 15) is 14.0 Å². The van der Waals surface area contributed by atoms with Gasteiger partial charge in [-0.2, -0.15) is 0 Å². The van der Waals surface area contributed by atoms with Crippen molar-refractivity contribution in [1.29, 1.82) is 0 Å². The molecule has 0 fully saturated rings. The zero-order valence-electron chi connectivity index (χ0n) is 17.2. The van der Waals surface area contributed by atoms with E-state index < -0.39 is 0 Å². The van der Waals surface area contributed by atoms with E-state index in [1.807, 2.05) is 23.1 Å². The van der Waals surface area contributed by atoms with E-state index in [0.717, 1.165) is 24.1 Å². The molecule has 4 nitrogen and oxygen atoms in total. The molecule has 0 unspecified atom stereocenters. The number of fused-ring (bicyclic) bond motifs is 1. The fraction of sp³-hybridized carbons (Fsp3) is 0.154. The average molecular weight is 447 g/mol. The van der Waals surface area contributed by atoms with Crippen molar-refractivity contribution in [3.63, 3.8) is 0 Å². The highest BCUT2D eigenvalue weighted by molar-refractivity contribution is 6.37. The van der Waals surface area contributed by atoms with E-state index in [1.165, 1.54) is 17.0 Å². The molecule has 6 heteroatoms. The van der Waals surface area contributed by atoms with Crippen molar-refractivity contribution in [3.05, 3.63) is 106 Å². The van der Waals surface area contributed by atoms with Gasteiger partial charge in [-0.1, -0.05) is 54.1 Å². The van der Waals surface area contributed by atoms with Crippen LogP contribution in [0.2, 0.25) is 5.02 Å². The summed E-state index contributed by atoms with van der Waals surface area (Å²) >= 11 is 6.06. The van der Waals surface area contributed by atoms with Crippen LogP contribution in [-0.2, 0) is 22.6 Å². The summed E-state index contributed by atoms with van der Waals surface area (Å²) < 4.78 is 13.3. The number of anilines is 1. The first-order valence-corrected chi connectivity index (χ1v) is 10.9. The molecule has 0 aliphatic carbocycles. The van der Waals surface area contributed by atoms with Crippen molar-refractivity contribution >= 4 is 34.7 Å². The standard InChI is InChI=1S/C26H20ClFN2O2/c27-20-11-9-19(10-12-20)23-24(29-15-3-5-18-4-1-2-6-22(18)29)26(32)30(25(23)31)16-17-7-13-21(28)14-8-17/h1-2,4,6-14H,3,5,15-16H2. The summed E-state index contributed by atoms with van der Waals surface area (Å²) in [6.07, 6.45) is 1.81. The number of hydrogen-bond donors (Lipinski definition) is 0. The first-order chi connectivity index (χ1) is 15.5. The number of aryl methyl sites for hydroxylation is 1. The Morgan fingerprint density at radius 2 is 1.59 bits per heavy atom. The van der Waals surface area contributed by atoms with E-state index in [4.69, 9.17) is 11.6 Å². The molecule has 0 spiro atoms. The Hall–Kier alpha value is -3.44. The SMILES string of the molecule is O=C1C(c2ccc(Cl)cc2)=C(N2CCCc3ccccc32)C(=O)N1Cc1ccc(F)cc1. The van der Waals surface area contributed by atoms with Gasteiger partial charge in [-0.05, 0) is 59.9 Å². The lowest BCUT2D eigenvalue weighted by Gasteiger charge is -2.32. The van der Waals surface area contributed by atoms with Crippen LogP contribution < -0.4 is 4.90 Å². The third-order valence-corrected chi connectivity index (χ3v) is 6.16. The fourth-order valence-electron chi connectivity index (χ4n) is 4.37. The number of benzene rings is 3. The summed E-state index contributed by atoms with van der Waals surface area (Å²) in [5.41, 5.74) is 4.18. The van der Waals surface area contributed by atoms with Crippen molar-refractivity contribution in [2.24, 2.45) is 0 Å². The van der Waals surface area contributed by atoms with Gasteiger partial charge >= 0.3 is 0 Å². The highest BCUT2D eigenvalue weighted by atomic mass is 35.5. The minimum Gasteiger partial charge on any atom is -0.336 e. The van der Waals surface area contributed by atoms with E-state index >= 15 is 0 Å². The molecular formula is C26H20ClFN2O2. The molecule has 0 saturated carbocycles. The number of carbonyl (C=O) groups excluding carboxylic acids is 2. The lowest BCUT2D eigenvalue weighted by atomic mass is 9.98. The number of hydrogen-bond acceptors (Lipinski definition) is 3. The van der Waals surface area contributed by atoms with Gasteiger partial charge in [0.1, 0.15) is 11.5 Å². The Bertz CT molecular complexity index is 1240. The number of amides is 2. The molecule has 2 amide bonds. The van der Waals surface area contributed by atoms with Crippen LogP contribution in [0.1, 0.15) is 23.1 Å². The van der Waals surface area contributed by atoms with Gasteiger partial charge in [-0.25, -0.2) is 4.39 Å². The van der Waals surface area contributed by atoms with Crippen LogP contribution in [0.25, 0.3) is 5.57 Å². The number of rotatable bonds is 4. The van der Waals surface area contributed by atoms with Crippen LogP contribution in [0.5, 0.6) is 0 Å². The molecule has 0 atom stereocenters. The number of halogens is 2. The quantitative estimate of drug-likeness (QED) is 0.516. The lowest BCUT2D eigenvalue weighted by molar-refractivity contribution is -0.137. The number of carbonyl (C=O) groups is 2. The van der Waals surface area contributed by atoms with Crippen LogP contribution in [0.15, 0.2) is 78.5 Å². The Balaban J connectivity index is 1.61. The van der Waals surface area contributed by atoms with Gasteiger partial charge in [-0.3, -0.25) is 14.5 Å².